The van der Waals surface area contributed by atoms with Crippen LogP contribution in [0.3, 0.4) is 0 Å². The second kappa shape index (κ2) is 8.38. The highest BCUT2D eigenvalue weighted by molar-refractivity contribution is 6.00. The summed E-state index contributed by atoms with van der Waals surface area (Å²) in [5.41, 5.74) is 3.24. The van der Waals surface area contributed by atoms with Crippen molar-refractivity contribution in [2.24, 2.45) is 5.92 Å². The summed E-state index contributed by atoms with van der Waals surface area (Å²) in [6.45, 7) is 7.98. The Morgan fingerprint density at radius 3 is 2.37 bits per heavy atom. The van der Waals surface area contributed by atoms with Gasteiger partial charge in [0.25, 0.3) is 0 Å². The largest absolute Gasteiger partial charge is 0.338 e. The zero-order valence-corrected chi connectivity index (χ0v) is 16.4. The summed E-state index contributed by atoms with van der Waals surface area (Å²) in [6, 6.07) is 18.1. The Bertz CT molecular complexity index is 784. The minimum Gasteiger partial charge on any atom is -0.338 e. The first kappa shape index (κ1) is 19.2. The number of hydrogen-bond donors (Lipinski definition) is 0. The predicted molar refractivity (Wildman–Crippen MR) is 109 cm³/mol. The molecule has 4 nitrogen and oxygen atoms in total. The molecule has 0 bridgehead atoms. The van der Waals surface area contributed by atoms with Gasteiger partial charge in [-0.2, -0.15) is 0 Å². The van der Waals surface area contributed by atoms with Gasteiger partial charge in [-0.25, -0.2) is 0 Å². The van der Waals surface area contributed by atoms with Crippen LogP contribution >= 0.6 is 0 Å². The molecule has 2 amide bonds. The third-order valence-electron chi connectivity index (χ3n) is 5.26. The molecule has 1 unspecified atom stereocenters. The van der Waals surface area contributed by atoms with Gasteiger partial charge in [0.15, 0.2) is 0 Å². The maximum atomic E-state index is 13.0. The highest BCUT2D eigenvalue weighted by Crippen LogP contribution is 2.28. The minimum absolute atomic E-state index is 0.0291. The monoisotopic (exact) mass is 364 g/mol. The Morgan fingerprint density at radius 1 is 1.11 bits per heavy atom. The van der Waals surface area contributed by atoms with E-state index in [1.807, 2.05) is 54.3 Å². The standard InChI is InChI=1S/C23H28N2O2/c1-4-24(15-18-8-6-5-7-9-18)23(27)20-14-22(26)25(16-20)21-12-10-19(11-13-21)17(2)3/h5-13,17,20H,4,14-16H2,1-3H3. The first-order valence-electron chi connectivity index (χ1n) is 9.72. The topological polar surface area (TPSA) is 40.6 Å². The van der Waals surface area contributed by atoms with Crippen LogP contribution < -0.4 is 4.90 Å². The van der Waals surface area contributed by atoms with Crippen LogP contribution in [0.2, 0.25) is 0 Å². The Kier molecular flexibility index (Phi) is 5.94. The zero-order chi connectivity index (χ0) is 19.4. The van der Waals surface area contributed by atoms with Crippen LogP contribution in [0.5, 0.6) is 0 Å². The van der Waals surface area contributed by atoms with Crippen molar-refractivity contribution < 1.29 is 9.59 Å². The van der Waals surface area contributed by atoms with E-state index in [9.17, 15) is 9.59 Å². The SMILES string of the molecule is CCN(Cc1ccccc1)C(=O)C1CC(=O)N(c2ccc(C(C)C)cc2)C1. The molecule has 1 aliphatic heterocycles. The number of anilines is 1. The van der Waals surface area contributed by atoms with E-state index < -0.39 is 0 Å². The third kappa shape index (κ3) is 4.38. The number of hydrogen-bond acceptors (Lipinski definition) is 2. The smallest absolute Gasteiger partial charge is 0.228 e. The lowest BCUT2D eigenvalue weighted by atomic mass is 10.0. The maximum absolute atomic E-state index is 13.0. The number of amides is 2. The Balaban J connectivity index is 1.69. The molecule has 1 atom stereocenters. The minimum atomic E-state index is -0.272. The number of carbonyl (C=O) groups is 2. The van der Waals surface area contributed by atoms with Gasteiger partial charge in [0.1, 0.15) is 0 Å². The zero-order valence-electron chi connectivity index (χ0n) is 16.4. The summed E-state index contributed by atoms with van der Waals surface area (Å²) >= 11 is 0. The van der Waals surface area contributed by atoms with Crippen LogP contribution in [0, 0.1) is 5.92 Å². The Labute approximate surface area is 161 Å². The molecule has 4 heteroatoms. The van der Waals surface area contributed by atoms with E-state index in [1.165, 1.54) is 5.56 Å². The quantitative estimate of drug-likeness (QED) is 0.770. The summed E-state index contributed by atoms with van der Waals surface area (Å²) in [5.74, 6) is 0.280. The van der Waals surface area contributed by atoms with Crippen molar-refractivity contribution in [2.75, 3.05) is 18.0 Å². The molecule has 142 valence electrons. The van der Waals surface area contributed by atoms with E-state index in [0.29, 0.717) is 25.6 Å². The van der Waals surface area contributed by atoms with Gasteiger partial charge in [0.05, 0.1) is 5.92 Å². The second-order valence-corrected chi connectivity index (χ2v) is 7.49. The summed E-state index contributed by atoms with van der Waals surface area (Å²) in [7, 11) is 0. The van der Waals surface area contributed by atoms with Crippen molar-refractivity contribution in [3.8, 4) is 0 Å². The fraction of sp³-hybridized carbons (Fsp3) is 0.391. The lowest BCUT2D eigenvalue weighted by Crippen LogP contribution is -2.37. The predicted octanol–water partition coefficient (Wildman–Crippen LogP) is 4.21. The van der Waals surface area contributed by atoms with Gasteiger partial charge >= 0.3 is 0 Å². The van der Waals surface area contributed by atoms with Crippen LogP contribution in [0.25, 0.3) is 0 Å². The number of nitrogens with zero attached hydrogens (tertiary/aromatic N) is 2. The van der Waals surface area contributed by atoms with Crippen molar-refractivity contribution in [1.29, 1.82) is 0 Å². The summed E-state index contributed by atoms with van der Waals surface area (Å²) in [6.07, 6.45) is 0.288. The summed E-state index contributed by atoms with van der Waals surface area (Å²) < 4.78 is 0. The highest BCUT2D eigenvalue weighted by Gasteiger charge is 2.36. The van der Waals surface area contributed by atoms with Gasteiger partial charge < -0.3 is 9.80 Å². The van der Waals surface area contributed by atoms with E-state index in [-0.39, 0.29) is 24.2 Å². The Morgan fingerprint density at radius 2 is 1.78 bits per heavy atom. The molecule has 2 aromatic carbocycles. The van der Waals surface area contributed by atoms with Gasteiger partial charge in [-0.1, -0.05) is 56.3 Å². The molecule has 0 aromatic heterocycles. The molecule has 27 heavy (non-hydrogen) atoms. The Hall–Kier alpha value is -2.62. The lowest BCUT2D eigenvalue weighted by molar-refractivity contribution is -0.136. The second-order valence-electron chi connectivity index (χ2n) is 7.49. The van der Waals surface area contributed by atoms with Gasteiger partial charge in [0, 0.05) is 31.7 Å². The first-order valence-corrected chi connectivity index (χ1v) is 9.72. The van der Waals surface area contributed by atoms with E-state index in [0.717, 1.165) is 11.3 Å². The fourth-order valence-electron chi connectivity index (χ4n) is 3.57. The molecule has 1 saturated heterocycles. The molecular formula is C23H28N2O2. The van der Waals surface area contributed by atoms with Crippen LogP contribution in [-0.2, 0) is 16.1 Å². The van der Waals surface area contributed by atoms with E-state index in [2.05, 4.69) is 26.0 Å². The average molecular weight is 364 g/mol. The normalized spacial score (nSPS) is 16.8. The van der Waals surface area contributed by atoms with E-state index >= 15 is 0 Å². The first-order chi connectivity index (χ1) is 13.0. The molecule has 1 fully saturated rings. The summed E-state index contributed by atoms with van der Waals surface area (Å²) in [4.78, 5) is 29.1. The van der Waals surface area contributed by atoms with Crippen molar-refractivity contribution in [3.63, 3.8) is 0 Å². The maximum Gasteiger partial charge on any atom is 0.228 e. The molecular weight excluding hydrogens is 336 g/mol. The molecule has 2 aromatic rings. The van der Waals surface area contributed by atoms with Crippen LogP contribution in [-0.4, -0.2) is 29.8 Å². The molecule has 3 rings (SSSR count). The highest BCUT2D eigenvalue weighted by atomic mass is 16.2. The lowest BCUT2D eigenvalue weighted by Gasteiger charge is -2.24. The third-order valence-corrected chi connectivity index (χ3v) is 5.26. The molecule has 1 aliphatic rings. The number of carbonyl (C=O) groups excluding carboxylic acids is 2. The van der Waals surface area contributed by atoms with E-state index in [1.54, 1.807) is 4.90 Å². The molecule has 1 heterocycles. The number of benzene rings is 2. The van der Waals surface area contributed by atoms with Gasteiger partial charge in [-0.15, -0.1) is 0 Å². The molecule has 0 spiro atoms. The van der Waals surface area contributed by atoms with Gasteiger partial charge in [-0.3, -0.25) is 9.59 Å². The van der Waals surface area contributed by atoms with Crippen molar-refractivity contribution in [1.82, 2.24) is 4.90 Å². The van der Waals surface area contributed by atoms with E-state index in [4.69, 9.17) is 0 Å². The van der Waals surface area contributed by atoms with Gasteiger partial charge in [-0.05, 0) is 36.1 Å². The average Bonchev–Trinajstić information content (AvgIpc) is 3.08. The molecule has 0 aliphatic carbocycles. The van der Waals surface area contributed by atoms with Crippen LogP contribution in [0.1, 0.15) is 44.2 Å². The molecule has 0 saturated carbocycles. The van der Waals surface area contributed by atoms with Crippen LogP contribution in [0.4, 0.5) is 5.69 Å². The van der Waals surface area contributed by atoms with Gasteiger partial charge in [0.2, 0.25) is 11.8 Å². The van der Waals surface area contributed by atoms with Crippen molar-refractivity contribution in [3.05, 3.63) is 65.7 Å². The van der Waals surface area contributed by atoms with Crippen molar-refractivity contribution >= 4 is 17.5 Å². The molecule has 0 N–H and O–H groups in total. The number of rotatable bonds is 6. The van der Waals surface area contributed by atoms with Crippen LogP contribution in [0.15, 0.2) is 54.6 Å². The molecule has 0 radical (unpaired) electrons. The fourth-order valence-corrected chi connectivity index (χ4v) is 3.57. The van der Waals surface area contributed by atoms with Crippen molar-refractivity contribution in [2.45, 2.75) is 39.7 Å². The summed E-state index contributed by atoms with van der Waals surface area (Å²) in [5, 5.41) is 0.